The van der Waals surface area contributed by atoms with Crippen molar-refractivity contribution in [3.05, 3.63) is 52.0 Å². The number of rotatable bonds is 4. The van der Waals surface area contributed by atoms with Gasteiger partial charge in [0.1, 0.15) is 4.88 Å². The quantitative estimate of drug-likeness (QED) is 0.879. The van der Waals surface area contributed by atoms with Gasteiger partial charge in [0.05, 0.1) is 11.2 Å². The zero-order valence-corrected chi connectivity index (χ0v) is 13.5. The highest BCUT2D eigenvalue weighted by Gasteiger charge is 2.26. The van der Waals surface area contributed by atoms with E-state index in [0.29, 0.717) is 10.4 Å². The number of thiazole rings is 1. The number of hydrogen-bond donors (Lipinski definition) is 1. The molecule has 0 unspecified atom stereocenters. The highest BCUT2D eigenvalue weighted by molar-refractivity contribution is 7.13. The topological polar surface area (TPSA) is 82.3 Å². The fourth-order valence-electron chi connectivity index (χ4n) is 1.80. The van der Waals surface area contributed by atoms with Crippen LogP contribution in [0.3, 0.4) is 0 Å². The number of esters is 1. The largest absolute Gasteiger partial charge is 0.443 e. The summed E-state index contributed by atoms with van der Waals surface area (Å²) in [6, 6.07) is 8.70. The van der Waals surface area contributed by atoms with E-state index in [9.17, 15) is 9.59 Å². The van der Waals surface area contributed by atoms with Crippen LogP contribution in [-0.2, 0) is 14.9 Å². The molecule has 0 fully saturated rings. The zero-order chi connectivity index (χ0) is 16.3. The smallest absolute Gasteiger partial charge is 0.351 e. The predicted molar refractivity (Wildman–Crippen MR) is 84.6 cm³/mol. The van der Waals surface area contributed by atoms with Gasteiger partial charge in [-0.2, -0.15) is 0 Å². The Hall–Kier alpha value is -2.21. The van der Waals surface area contributed by atoms with Crippen molar-refractivity contribution < 1.29 is 14.3 Å². The molecule has 22 heavy (non-hydrogen) atoms. The second-order valence-electron chi connectivity index (χ2n) is 5.88. The molecule has 0 spiro atoms. The SMILES string of the molecule is CC(C)(C)c1ncc(C(=O)O[C@H](C(N)=O)c2ccccc2)s1. The number of carbonyl (C=O) groups is 2. The summed E-state index contributed by atoms with van der Waals surface area (Å²) < 4.78 is 5.27. The lowest BCUT2D eigenvalue weighted by Gasteiger charge is -2.15. The van der Waals surface area contributed by atoms with Gasteiger partial charge in [0, 0.05) is 11.0 Å². The minimum atomic E-state index is -1.10. The van der Waals surface area contributed by atoms with Crippen molar-refractivity contribution >= 4 is 23.2 Å². The number of hydrogen-bond acceptors (Lipinski definition) is 5. The maximum absolute atomic E-state index is 12.2. The van der Waals surface area contributed by atoms with Gasteiger partial charge >= 0.3 is 5.97 Å². The molecule has 0 bridgehead atoms. The van der Waals surface area contributed by atoms with Crippen molar-refractivity contribution in [3.8, 4) is 0 Å². The molecule has 1 amide bonds. The number of nitrogens with two attached hydrogens (primary N) is 1. The maximum Gasteiger partial charge on any atom is 0.351 e. The molecule has 0 saturated carbocycles. The van der Waals surface area contributed by atoms with Crippen LogP contribution in [0.15, 0.2) is 36.5 Å². The van der Waals surface area contributed by atoms with Gasteiger partial charge in [-0.1, -0.05) is 51.1 Å². The molecule has 2 N–H and O–H groups in total. The summed E-state index contributed by atoms with van der Waals surface area (Å²) in [7, 11) is 0. The van der Waals surface area contributed by atoms with Crippen molar-refractivity contribution in [3.63, 3.8) is 0 Å². The lowest BCUT2D eigenvalue weighted by atomic mass is 9.98. The van der Waals surface area contributed by atoms with Crippen molar-refractivity contribution in [1.29, 1.82) is 0 Å². The Bertz CT molecular complexity index is 674. The van der Waals surface area contributed by atoms with Crippen molar-refractivity contribution in [2.75, 3.05) is 0 Å². The summed E-state index contributed by atoms with van der Waals surface area (Å²) in [6.07, 6.45) is 0.366. The Balaban J connectivity index is 2.19. The van der Waals surface area contributed by atoms with Gasteiger partial charge in [-0.25, -0.2) is 9.78 Å². The third kappa shape index (κ3) is 3.71. The number of amides is 1. The van der Waals surface area contributed by atoms with E-state index in [1.54, 1.807) is 24.3 Å². The van der Waals surface area contributed by atoms with Crippen LogP contribution in [0.4, 0.5) is 0 Å². The number of nitrogens with zero attached hydrogens (tertiary/aromatic N) is 1. The number of benzene rings is 1. The van der Waals surface area contributed by atoms with Gasteiger partial charge in [-0.15, -0.1) is 11.3 Å². The minimum Gasteiger partial charge on any atom is -0.443 e. The van der Waals surface area contributed by atoms with Crippen LogP contribution >= 0.6 is 11.3 Å². The van der Waals surface area contributed by atoms with Crippen LogP contribution in [-0.4, -0.2) is 16.9 Å². The molecule has 5 nitrogen and oxygen atoms in total. The predicted octanol–water partition coefficient (Wildman–Crippen LogP) is 2.82. The molecule has 0 aliphatic rings. The highest BCUT2D eigenvalue weighted by Crippen LogP contribution is 2.28. The molecule has 2 rings (SSSR count). The molecule has 1 heterocycles. The third-order valence-electron chi connectivity index (χ3n) is 2.93. The van der Waals surface area contributed by atoms with Crippen molar-refractivity contribution in [2.24, 2.45) is 5.73 Å². The Labute approximate surface area is 133 Å². The monoisotopic (exact) mass is 318 g/mol. The van der Waals surface area contributed by atoms with Crippen LogP contribution in [0.1, 0.15) is 47.1 Å². The number of aromatic nitrogens is 1. The van der Waals surface area contributed by atoms with Crippen molar-refractivity contribution in [1.82, 2.24) is 4.98 Å². The lowest BCUT2D eigenvalue weighted by Crippen LogP contribution is -2.26. The first-order chi connectivity index (χ1) is 10.3. The van der Waals surface area contributed by atoms with E-state index in [1.165, 1.54) is 17.5 Å². The van der Waals surface area contributed by atoms with Crippen LogP contribution in [0.2, 0.25) is 0 Å². The van der Waals surface area contributed by atoms with E-state index in [4.69, 9.17) is 10.5 Å². The van der Waals surface area contributed by atoms with E-state index in [0.717, 1.165) is 5.01 Å². The normalized spacial score (nSPS) is 12.7. The molecule has 0 radical (unpaired) electrons. The Kier molecular flexibility index (Phi) is 4.61. The van der Waals surface area contributed by atoms with E-state index in [1.807, 2.05) is 26.8 Å². The molecule has 0 aliphatic carbocycles. The van der Waals surface area contributed by atoms with Crippen LogP contribution < -0.4 is 5.73 Å². The lowest BCUT2D eigenvalue weighted by molar-refractivity contribution is -0.127. The number of ether oxygens (including phenoxy) is 1. The summed E-state index contributed by atoms with van der Waals surface area (Å²) >= 11 is 1.26. The van der Waals surface area contributed by atoms with Crippen LogP contribution in [0, 0.1) is 0 Å². The van der Waals surface area contributed by atoms with Gasteiger partial charge in [-0.05, 0) is 0 Å². The van der Waals surface area contributed by atoms with Crippen LogP contribution in [0.5, 0.6) is 0 Å². The number of carbonyl (C=O) groups excluding carboxylic acids is 2. The maximum atomic E-state index is 12.2. The van der Waals surface area contributed by atoms with E-state index < -0.39 is 18.0 Å². The fraction of sp³-hybridized carbons (Fsp3) is 0.312. The van der Waals surface area contributed by atoms with Crippen LogP contribution in [0.25, 0.3) is 0 Å². The highest BCUT2D eigenvalue weighted by atomic mass is 32.1. The first-order valence-corrected chi connectivity index (χ1v) is 7.62. The van der Waals surface area contributed by atoms with E-state index in [-0.39, 0.29) is 5.41 Å². The van der Waals surface area contributed by atoms with Gasteiger partial charge in [0.2, 0.25) is 6.10 Å². The first kappa shape index (κ1) is 16.2. The molecule has 116 valence electrons. The van der Waals surface area contributed by atoms with E-state index in [2.05, 4.69) is 4.98 Å². The molecule has 6 heteroatoms. The second kappa shape index (κ2) is 6.27. The van der Waals surface area contributed by atoms with Gasteiger partial charge in [0.25, 0.3) is 5.91 Å². The van der Waals surface area contributed by atoms with Gasteiger partial charge in [-0.3, -0.25) is 4.79 Å². The zero-order valence-electron chi connectivity index (χ0n) is 12.7. The molecule has 0 saturated heterocycles. The summed E-state index contributed by atoms with van der Waals surface area (Å²) in [4.78, 5) is 28.4. The van der Waals surface area contributed by atoms with Gasteiger partial charge < -0.3 is 10.5 Å². The Morgan fingerprint density at radius 1 is 1.23 bits per heavy atom. The minimum absolute atomic E-state index is 0.147. The molecule has 2 aromatic rings. The summed E-state index contributed by atoms with van der Waals surface area (Å²) in [5.74, 6) is -1.30. The summed E-state index contributed by atoms with van der Waals surface area (Å²) in [6.45, 7) is 6.03. The Morgan fingerprint density at radius 3 is 2.36 bits per heavy atom. The van der Waals surface area contributed by atoms with E-state index >= 15 is 0 Å². The molecule has 1 aromatic heterocycles. The fourth-order valence-corrected chi connectivity index (χ4v) is 2.66. The first-order valence-electron chi connectivity index (χ1n) is 6.80. The molecule has 1 atom stereocenters. The molecular weight excluding hydrogens is 300 g/mol. The molecular formula is C16H18N2O3S. The molecule has 1 aromatic carbocycles. The third-order valence-corrected chi connectivity index (χ3v) is 4.34. The Morgan fingerprint density at radius 2 is 1.86 bits per heavy atom. The van der Waals surface area contributed by atoms with Gasteiger partial charge in [0.15, 0.2) is 0 Å². The summed E-state index contributed by atoms with van der Waals surface area (Å²) in [5, 5.41) is 0.829. The average molecular weight is 318 g/mol. The molecule has 0 aliphatic heterocycles. The van der Waals surface area contributed by atoms with Crippen molar-refractivity contribution in [2.45, 2.75) is 32.3 Å². The average Bonchev–Trinajstić information content (AvgIpc) is 2.95. The second-order valence-corrected chi connectivity index (χ2v) is 6.91. The standard InChI is InChI=1S/C16H18N2O3S/c1-16(2,3)15-18-9-11(22-15)14(20)21-12(13(17)19)10-7-5-4-6-8-10/h4-9,12H,1-3H3,(H2,17,19)/t12-/m0/s1. The summed E-state index contributed by atoms with van der Waals surface area (Å²) in [5.41, 5.74) is 5.74. The number of primary amides is 1.